The van der Waals surface area contributed by atoms with Crippen LogP contribution >= 0.6 is 0 Å². The average molecular weight is 225 g/mol. The Kier molecular flexibility index (Phi) is 4.45. The largest absolute Gasteiger partial charge is 0.298 e. The van der Waals surface area contributed by atoms with Gasteiger partial charge >= 0.3 is 0 Å². The Morgan fingerprint density at radius 2 is 1.44 bits per heavy atom. The first-order chi connectivity index (χ1) is 7.18. The van der Waals surface area contributed by atoms with Crippen LogP contribution in [0, 0.1) is 11.3 Å². The molecule has 96 valence electrons. The minimum Gasteiger partial charge on any atom is -0.298 e. The van der Waals surface area contributed by atoms with Gasteiger partial charge in [-0.25, -0.2) is 0 Å². The summed E-state index contributed by atoms with van der Waals surface area (Å²) in [4.78, 5) is 2.64. The number of likely N-dealkylation sites (tertiary alicyclic amines) is 1. The molecule has 0 radical (unpaired) electrons. The van der Waals surface area contributed by atoms with Gasteiger partial charge in [-0.3, -0.25) is 4.90 Å². The molecule has 1 heteroatoms. The third-order valence-electron chi connectivity index (χ3n) is 3.87. The second-order valence-corrected chi connectivity index (χ2v) is 7.70. The van der Waals surface area contributed by atoms with Crippen LogP contribution in [-0.2, 0) is 0 Å². The maximum Gasteiger partial charge on any atom is 0.0125 e. The molecule has 1 saturated heterocycles. The van der Waals surface area contributed by atoms with Crippen molar-refractivity contribution in [3.63, 3.8) is 0 Å². The predicted molar refractivity (Wildman–Crippen MR) is 72.7 cm³/mol. The van der Waals surface area contributed by atoms with Crippen LogP contribution in [0.4, 0.5) is 0 Å². The molecule has 1 fully saturated rings. The average Bonchev–Trinajstić information content (AvgIpc) is 2.13. The molecular formula is C15H31N. The second kappa shape index (κ2) is 5.08. The number of piperidine rings is 1. The predicted octanol–water partition coefficient (Wildman–Crippen LogP) is 4.32. The van der Waals surface area contributed by atoms with Crippen LogP contribution < -0.4 is 0 Å². The van der Waals surface area contributed by atoms with Crippen LogP contribution in [-0.4, -0.2) is 23.5 Å². The fourth-order valence-electron chi connectivity index (χ4n) is 2.53. The van der Waals surface area contributed by atoms with Crippen LogP contribution in [0.25, 0.3) is 0 Å². The third-order valence-corrected chi connectivity index (χ3v) is 3.87. The minimum absolute atomic E-state index is 0.370. The summed E-state index contributed by atoms with van der Waals surface area (Å²) in [6.45, 7) is 16.7. The van der Waals surface area contributed by atoms with E-state index in [0.29, 0.717) is 11.0 Å². The smallest absolute Gasteiger partial charge is 0.0125 e. The van der Waals surface area contributed by atoms with Crippen molar-refractivity contribution in [1.82, 2.24) is 4.90 Å². The van der Waals surface area contributed by atoms with E-state index >= 15 is 0 Å². The lowest BCUT2D eigenvalue weighted by atomic mass is 9.83. The van der Waals surface area contributed by atoms with Gasteiger partial charge in [0.25, 0.3) is 0 Å². The number of nitrogens with zero attached hydrogens (tertiary/aromatic N) is 1. The van der Waals surface area contributed by atoms with Crippen molar-refractivity contribution in [2.75, 3.05) is 13.1 Å². The van der Waals surface area contributed by atoms with Crippen LogP contribution in [0.2, 0.25) is 0 Å². The summed E-state index contributed by atoms with van der Waals surface area (Å²) in [5.74, 6) is 0.984. The van der Waals surface area contributed by atoms with E-state index < -0.39 is 0 Å². The Morgan fingerprint density at radius 1 is 0.938 bits per heavy atom. The van der Waals surface area contributed by atoms with Gasteiger partial charge in [-0.1, -0.05) is 20.8 Å². The molecule has 16 heavy (non-hydrogen) atoms. The van der Waals surface area contributed by atoms with Crippen LogP contribution in [0.15, 0.2) is 0 Å². The van der Waals surface area contributed by atoms with E-state index in [0.717, 1.165) is 5.92 Å². The lowest BCUT2D eigenvalue weighted by molar-refractivity contribution is 0.0820. The molecule has 0 atom stereocenters. The number of hydrogen-bond acceptors (Lipinski definition) is 1. The van der Waals surface area contributed by atoms with Gasteiger partial charge in [0.2, 0.25) is 0 Å². The molecule has 0 aliphatic carbocycles. The lowest BCUT2D eigenvalue weighted by Gasteiger charge is -2.41. The van der Waals surface area contributed by atoms with E-state index in [4.69, 9.17) is 0 Å². The summed E-state index contributed by atoms with van der Waals surface area (Å²) in [6, 6.07) is 0. The highest BCUT2D eigenvalue weighted by Crippen LogP contribution is 2.30. The summed E-state index contributed by atoms with van der Waals surface area (Å²) in [5, 5.41) is 0. The molecule has 1 aliphatic rings. The highest BCUT2D eigenvalue weighted by molar-refractivity contribution is 4.82. The second-order valence-electron chi connectivity index (χ2n) is 7.70. The van der Waals surface area contributed by atoms with Gasteiger partial charge < -0.3 is 0 Å². The zero-order valence-electron chi connectivity index (χ0n) is 12.3. The summed E-state index contributed by atoms with van der Waals surface area (Å²) in [6.07, 6.45) is 5.63. The van der Waals surface area contributed by atoms with Gasteiger partial charge in [-0.05, 0) is 70.9 Å². The maximum atomic E-state index is 2.64. The van der Waals surface area contributed by atoms with E-state index in [1.165, 1.54) is 38.8 Å². The summed E-state index contributed by atoms with van der Waals surface area (Å²) in [7, 11) is 0. The van der Waals surface area contributed by atoms with E-state index in [9.17, 15) is 0 Å². The summed E-state index contributed by atoms with van der Waals surface area (Å²) in [5.41, 5.74) is 0.885. The van der Waals surface area contributed by atoms with Crippen LogP contribution in [0.3, 0.4) is 0 Å². The molecule has 0 unspecified atom stereocenters. The topological polar surface area (TPSA) is 3.24 Å². The number of hydrogen-bond donors (Lipinski definition) is 0. The van der Waals surface area contributed by atoms with Gasteiger partial charge in [0, 0.05) is 5.54 Å². The molecule has 1 heterocycles. The molecular weight excluding hydrogens is 194 g/mol. The Hall–Kier alpha value is -0.0400. The Labute approximate surface area is 103 Å². The Balaban J connectivity index is 2.28. The SMILES string of the molecule is CC(C)(C)CCC1CCN(C(C)(C)C)CC1. The highest BCUT2D eigenvalue weighted by Gasteiger charge is 2.27. The molecule has 0 aromatic heterocycles. The van der Waals surface area contributed by atoms with Gasteiger partial charge in [-0.15, -0.1) is 0 Å². The normalized spacial score (nSPS) is 21.4. The highest BCUT2D eigenvalue weighted by atomic mass is 15.2. The van der Waals surface area contributed by atoms with E-state index in [2.05, 4.69) is 46.4 Å². The number of rotatable bonds is 2. The Morgan fingerprint density at radius 3 is 1.81 bits per heavy atom. The molecule has 0 spiro atoms. The van der Waals surface area contributed by atoms with E-state index in [-0.39, 0.29) is 0 Å². The van der Waals surface area contributed by atoms with E-state index in [1.807, 2.05) is 0 Å². The molecule has 1 rings (SSSR count). The summed E-state index contributed by atoms with van der Waals surface area (Å²) >= 11 is 0. The molecule has 0 amide bonds. The first-order valence-electron chi connectivity index (χ1n) is 6.93. The Bertz CT molecular complexity index is 198. The van der Waals surface area contributed by atoms with Gasteiger partial charge in [0.05, 0.1) is 0 Å². The molecule has 1 nitrogen and oxygen atoms in total. The quantitative estimate of drug-likeness (QED) is 0.676. The monoisotopic (exact) mass is 225 g/mol. The zero-order valence-corrected chi connectivity index (χ0v) is 12.3. The fraction of sp³-hybridized carbons (Fsp3) is 1.00. The van der Waals surface area contributed by atoms with Crippen molar-refractivity contribution >= 4 is 0 Å². The molecule has 0 N–H and O–H groups in total. The van der Waals surface area contributed by atoms with Crippen molar-refractivity contribution in [2.45, 2.75) is 72.8 Å². The van der Waals surface area contributed by atoms with Crippen molar-refractivity contribution in [3.8, 4) is 0 Å². The van der Waals surface area contributed by atoms with Crippen LogP contribution in [0.1, 0.15) is 67.2 Å². The van der Waals surface area contributed by atoms with Crippen molar-refractivity contribution in [2.24, 2.45) is 11.3 Å². The third kappa shape index (κ3) is 4.86. The maximum absolute atomic E-state index is 2.64. The first-order valence-corrected chi connectivity index (χ1v) is 6.93. The zero-order chi connectivity index (χ0) is 12.4. The lowest BCUT2D eigenvalue weighted by Crippen LogP contribution is -2.46. The molecule has 0 bridgehead atoms. The van der Waals surface area contributed by atoms with Crippen molar-refractivity contribution in [1.29, 1.82) is 0 Å². The fourth-order valence-corrected chi connectivity index (χ4v) is 2.53. The molecule has 0 saturated carbocycles. The van der Waals surface area contributed by atoms with Gasteiger partial charge in [-0.2, -0.15) is 0 Å². The standard InChI is InChI=1S/C15H31N/c1-14(2,3)10-7-13-8-11-16(12-9-13)15(4,5)6/h13H,7-12H2,1-6H3. The minimum atomic E-state index is 0.370. The summed E-state index contributed by atoms with van der Waals surface area (Å²) < 4.78 is 0. The molecule has 0 aromatic carbocycles. The van der Waals surface area contributed by atoms with Crippen molar-refractivity contribution in [3.05, 3.63) is 0 Å². The molecule has 0 aromatic rings. The first kappa shape index (κ1) is 14.0. The van der Waals surface area contributed by atoms with Crippen molar-refractivity contribution < 1.29 is 0 Å². The van der Waals surface area contributed by atoms with Gasteiger partial charge in [0.15, 0.2) is 0 Å². The van der Waals surface area contributed by atoms with Crippen LogP contribution in [0.5, 0.6) is 0 Å². The van der Waals surface area contributed by atoms with Gasteiger partial charge in [0.1, 0.15) is 0 Å². The molecule has 1 aliphatic heterocycles. The van der Waals surface area contributed by atoms with E-state index in [1.54, 1.807) is 0 Å².